The van der Waals surface area contributed by atoms with Crippen LogP contribution < -0.4 is 4.72 Å². The van der Waals surface area contributed by atoms with E-state index in [9.17, 15) is 18.3 Å². The smallest absolute Gasteiger partial charge is 0.264 e. The number of nitrogens with zero attached hydrogens (tertiary/aromatic N) is 1. The summed E-state index contributed by atoms with van der Waals surface area (Å²) in [6.07, 6.45) is 1.49. The Morgan fingerprint density at radius 2 is 2.00 bits per heavy atom. The van der Waals surface area contributed by atoms with Crippen molar-refractivity contribution < 1.29 is 23.1 Å². The molecule has 0 spiro atoms. The number of ether oxygens (including phenoxy) is 1. The summed E-state index contributed by atoms with van der Waals surface area (Å²) in [6.45, 7) is 1.42. The van der Waals surface area contributed by atoms with Crippen LogP contribution in [0.4, 0.5) is 0 Å². The van der Waals surface area contributed by atoms with E-state index >= 15 is 0 Å². The van der Waals surface area contributed by atoms with Gasteiger partial charge in [-0.05, 0) is 19.1 Å². The van der Waals surface area contributed by atoms with E-state index in [1.807, 2.05) is 0 Å². The predicted octanol–water partition coefficient (Wildman–Crippen LogP) is 1.66. The lowest BCUT2D eigenvalue weighted by atomic mass is 10.0. The molecule has 7 nitrogen and oxygen atoms in total. The van der Waals surface area contributed by atoms with Gasteiger partial charge >= 0.3 is 0 Å². The van der Waals surface area contributed by atoms with Gasteiger partial charge in [0.15, 0.2) is 0 Å². The largest absolute Gasteiger partial charge is 0.501 e. The summed E-state index contributed by atoms with van der Waals surface area (Å²) in [5.41, 5.74) is -1.55. The van der Waals surface area contributed by atoms with Crippen LogP contribution in [0, 0.1) is 0 Å². The number of nitrogens with one attached hydrogen (secondary N) is 1. The van der Waals surface area contributed by atoms with Gasteiger partial charge in [-0.15, -0.1) is 11.3 Å². The van der Waals surface area contributed by atoms with Crippen LogP contribution in [0.1, 0.15) is 11.9 Å². The summed E-state index contributed by atoms with van der Waals surface area (Å²) in [4.78, 5) is 16.2. The third-order valence-electron chi connectivity index (χ3n) is 3.29. The molecule has 9 heteroatoms. The molecule has 1 aromatic carbocycles. The molecule has 0 saturated heterocycles. The number of carbonyl (C=O) groups excluding carboxylic acids is 1. The van der Waals surface area contributed by atoms with Crippen LogP contribution in [-0.4, -0.2) is 24.3 Å². The maximum Gasteiger partial charge on any atom is 0.264 e. The molecule has 0 bridgehead atoms. The van der Waals surface area contributed by atoms with E-state index in [2.05, 4.69) is 9.71 Å². The number of ketones is 1. The van der Waals surface area contributed by atoms with Crippen molar-refractivity contribution in [3.05, 3.63) is 58.6 Å². The minimum atomic E-state index is -3.98. The van der Waals surface area contributed by atoms with E-state index in [0.29, 0.717) is 5.01 Å². The zero-order valence-corrected chi connectivity index (χ0v) is 13.5. The van der Waals surface area contributed by atoms with Crippen LogP contribution in [0.15, 0.2) is 58.4 Å². The molecule has 2 aromatic rings. The second-order valence-corrected chi connectivity index (χ2v) is 7.47. The lowest BCUT2D eigenvalue weighted by molar-refractivity contribution is -0.131. The lowest BCUT2D eigenvalue weighted by Gasteiger charge is -2.20. The van der Waals surface area contributed by atoms with Gasteiger partial charge in [0.1, 0.15) is 5.01 Å². The Labute approximate surface area is 136 Å². The fourth-order valence-corrected chi connectivity index (χ4v) is 3.82. The van der Waals surface area contributed by atoms with Gasteiger partial charge in [0.2, 0.25) is 17.2 Å². The molecule has 1 aliphatic rings. The summed E-state index contributed by atoms with van der Waals surface area (Å²) in [6, 6.07) is 7.56. The van der Waals surface area contributed by atoms with Crippen molar-refractivity contribution in [2.75, 3.05) is 0 Å². The number of carbonyl (C=O) groups is 1. The van der Waals surface area contributed by atoms with Crippen LogP contribution in [-0.2, 0) is 25.2 Å². The molecule has 23 heavy (non-hydrogen) atoms. The van der Waals surface area contributed by atoms with E-state index in [4.69, 9.17) is 4.74 Å². The van der Waals surface area contributed by atoms with Gasteiger partial charge in [-0.1, -0.05) is 18.2 Å². The Balaban J connectivity index is 1.92. The molecular formula is C14H12N2O5S2. The molecule has 0 aliphatic carbocycles. The van der Waals surface area contributed by atoms with E-state index in [0.717, 1.165) is 0 Å². The number of sulfonamides is 1. The number of benzene rings is 1. The summed E-state index contributed by atoms with van der Waals surface area (Å²) < 4.78 is 32.1. The second-order valence-electron chi connectivity index (χ2n) is 4.90. The van der Waals surface area contributed by atoms with Gasteiger partial charge in [-0.3, -0.25) is 4.79 Å². The first-order valence-corrected chi connectivity index (χ1v) is 8.86. The van der Waals surface area contributed by atoms with Crippen molar-refractivity contribution in [1.29, 1.82) is 0 Å². The SMILES string of the molecule is CC1(c2nccs2)OC(NS(=O)(=O)c2ccccc2)=C(O)C1=O. The quantitative estimate of drug-likeness (QED) is 0.867. The Bertz CT molecular complexity index is 875. The first kappa shape index (κ1) is 15.5. The maximum atomic E-state index is 12.3. The highest BCUT2D eigenvalue weighted by Crippen LogP contribution is 2.38. The van der Waals surface area contributed by atoms with Crippen LogP contribution in [0.3, 0.4) is 0 Å². The standard InChI is InChI=1S/C14H12N2O5S2/c1-14(13-15-7-8-22-13)11(18)10(17)12(21-14)16-23(19,20)9-5-3-2-4-6-9/h2-8,16-17H,1H3. The predicted molar refractivity (Wildman–Crippen MR) is 82.0 cm³/mol. The first-order chi connectivity index (χ1) is 10.8. The van der Waals surface area contributed by atoms with Crippen molar-refractivity contribution in [3.63, 3.8) is 0 Å². The summed E-state index contributed by atoms with van der Waals surface area (Å²) in [5, 5.41) is 11.9. The number of aromatic nitrogens is 1. The molecule has 0 fully saturated rings. The van der Waals surface area contributed by atoms with Gasteiger partial charge in [0, 0.05) is 11.6 Å². The fourth-order valence-electron chi connectivity index (χ4n) is 2.08. The molecule has 2 heterocycles. The van der Waals surface area contributed by atoms with Gasteiger partial charge < -0.3 is 9.84 Å². The zero-order valence-electron chi connectivity index (χ0n) is 11.9. The van der Waals surface area contributed by atoms with Crippen LogP contribution >= 0.6 is 11.3 Å². The summed E-state index contributed by atoms with van der Waals surface area (Å²) in [7, 11) is -3.98. The van der Waals surface area contributed by atoms with Crippen molar-refractivity contribution >= 4 is 27.1 Å². The number of hydrogen-bond acceptors (Lipinski definition) is 7. The number of hydrogen-bond donors (Lipinski definition) is 2. The fraction of sp³-hybridized carbons (Fsp3) is 0.143. The Hall–Kier alpha value is -2.39. The van der Waals surface area contributed by atoms with Crippen molar-refractivity contribution in [2.24, 2.45) is 0 Å². The number of aliphatic hydroxyl groups excluding tert-OH is 1. The highest BCUT2D eigenvalue weighted by molar-refractivity contribution is 7.89. The highest BCUT2D eigenvalue weighted by Gasteiger charge is 2.50. The van der Waals surface area contributed by atoms with Crippen LogP contribution in [0.25, 0.3) is 0 Å². The molecule has 1 aliphatic heterocycles. The molecular weight excluding hydrogens is 340 g/mol. The van der Waals surface area contributed by atoms with Crippen molar-refractivity contribution in [1.82, 2.24) is 9.71 Å². The lowest BCUT2D eigenvalue weighted by Crippen LogP contribution is -2.32. The average molecular weight is 352 g/mol. The molecule has 2 N–H and O–H groups in total. The zero-order chi connectivity index (χ0) is 16.7. The number of rotatable bonds is 4. The molecule has 3 rings (SSSR count). The molecule has 1 aromatic heterocycles. The molecule has 0 saturated carbocycles. The number of aliphatic hydroxyl groups is 1. The van der Waals surface area contributed by atoms with E-state index in [1.54, 1.807) is 23.6 Å². The summed E-state index contributed by atoms with van der Waals surface area (Å²) in [5.74, 6) is -2.03. The van der Waals surface area contributed by atoms with Crippen molar-refractivity contribution in [2.45, 2.75) is 17.4 Å². The molecule has 1 atom stereocenters. The second kappa shape index (κ2) is 5.36. The molecule has 120 valence electrons. The van der Waals surface area contributed by atoms with Gasteiger partial charge in [0.25, 0.3) is 15.8 Å². The normalized spacial score (nSPS) is 21.3. The molecule has 0 amide bonds. The minimum absolute atomic E-state index is 0.0146. The van der Waals surface area contributed by atoms with Crippen LogP contribution in [0.2, 0.25) is 0 Å². The molecule has 1 unspecified atom stereocenters. The highest BCUT2D eigenvalue weighted by atomic mass is 32.2. The van der Waals surface area contributed by atoms with Gasteiger partial charge in [0.05, 0.1) is 4.90 Å². The minimum Gasteiger partial charge on any atom is -0.501 e. The number of Topliss-reactive ketones (excluding diaryl/α,β-unsaturated/α-hetero) is 1. The Morgan fingerprint density at radius 1 is 1.30 bits per heavy atom. The van der Waals surface area contributed by atoms with Gasteiger partial charge in [-0.25, -0.2) is 18.1 Å². The average Bonchev–Trinajstić information content (AvgIpc) is 3.14. The monoisotopic (exact) mass is 352 g/mol. The Morgan fingerprint density at radius 3 is 2.61 bits per heavy atom. The Kier molecular flexibility index (Phi) is 3.61. The van der Waals surface area contributed by atoms with Crippen molar-refractivity contribution in [3.8, 4) is 0 Å². The molecule has 0 radical (unpaired) electrons. The third-order valence-corrected chi connectivity index (χ3v) is 5.61. The third kappa shape index (κ3) is 2.57. The van der Waals surface area contributed by atoms with Crippen LogP contribution in [0.5, 0.6) is 0 Å². The number of thiazole rings is 1. The van der Waals surface area contributed by atoms with E-state index in [-0.39, 0.29) is 4.90 Å². The van der Waals surface area contributed by atoms with Gasteiger partial charge in [-0.2, -0.15) is 0 Å². The maximum absolute atomic E-state index is 12.3. The van der Waals surface area contributed by atoms with E-state index < -0.39 is 33.0 Å². The first-order valence-electron chi connectivity index (χ1n) is 6.49. The van der Waals surface area contributed by atoms with E-state index in [1.165, 1.54) is 36.6 Å². The topological polar surface area (TPSA) is 106 Å². The summed E-state index contributed by atoms with van der Waals surface area (Å²) >= 11 is 1.17.